The molecule has 0 saturated carbocycles. The van der Waals surface area contributed by atoms with Crippen LogP contribution in [0.5, 0.6) is 0 Å². The number of alkyl halides is 3. The van der Waals surface area contributed by atoms with Crippen molar-refractivity contribution in [2.24, 2.45) is 0 Å². The average molecular weight is 524 g/mol. The Morgan fingerprint density at radius 3 is 1.45 bits per heavy atom. The van der Waals surface area contributed by atoms with Gasteiger partial charge in [0.05, 0.1) is 6.61 Å². The molecule has 0 spiro atoms. The van der Waals surface area contributed by atoms with Crippen LogP contribution in [0.15, 0.2) is 0 Å². The van der Waals surface area contributed by atoms with Crippen molar-refractivity contribution in [1.82, 2.24) is 0 Å². The minimum absolute atomic E-state index is 0.0346. The number of ether oxygens (including phenoxy) is 1. The Labute approximate surface area is 202 Å². The number of hydrogen-bond donors (Lipinski definition) is 1. The SMILES string of the molecule is CCCCCCCCCCCCCCCCCCOC(=O)P(=O)(O)OC(=O)C(Cl)(Cl)Cl. The number of halogens is 3. The molecule has 1 atom stereocenters. The summed E-state index contributed by atoms with van der Waals surface area (Å²) in [7, 11) is -4.99. The van der Waals surface area contributed by atoms with E-state index in [1.807, 2.05) is 0 Å². The van der Waals surface area contributed by atoms with Crippen LogP contribution in [0.4, 0.5) is 4.79 Å². The third-order valence-corrected chi connectivity index (χ3v) is 6.36. The van der Waals surface area contributed by atoms with E-state index in [1.54, 1.807) is 0 Å². The van der Waals surface area contributed by atoms with E-state index in [2.05, 4.69) is 16.2 Å². The molecule has 1 unspecified atom stereocenters. The normalized spacial score (nSPS) is 13.6. The lowest BCUT2D eigenvalue weighted by atomic mass is 10.0. The first kappa shape index (κ1) is 31.0. The van der Waals surface area contributed by atoms with Gasteiger partial charge in [-0.15, -0.1) is 0 Å². The Morgan fingerprint density at radius 2 is 1.10 bits per heavy atom. The van der Waals surface area contributed by atoms with Gasteiger partial charge in [-0.2, -0.15) is 0 Å². The Morgan fingerprint density at radius 1 is 0.742 bits per heavy atom. The maximum Gasteiger partial charge on any atom is 0.487 e. The lowest BCUT2D eigenvalue weighted by molar-refractivity contribution is -0.133. The van der Waals surface area contributed by atoms with Gasteiger partial charge in [0.25, 0.3) is 3.79 Å². The van der Waals surface area contributed by atoms with Crippen molar-refractivity contribution in [1.29, 1.82) is 0 Å². The molecule has 1 N–H and O–H groups in total. The van der Waals surface area contributed by atoms with Gasteiger partial charge in [0.15, 0.2) is 0 Å². The molecule has 0 bridgehead atoms. The Hall–Kier alpha value is -0.000000000000000111. The summed E-state index contributed by atoms with van der Waals surface area (Å²) >= 11 is 15.7. The molecule has 0 aliphatic carbocycles. The molecule has 10 heteroatoms. The smallest absolute Gasteiger partial charge is 0.456 e. The van der Waals surface area contributed by atoms with Crippen LogP contribution in [0.25, 0.3) is 0 Å². The van der Waals surface area contributed by atoms with Gasteiger partial charge in [-0.25, -0.2) is 14.2 Å². The summed E-state index contributed by atoms with van der Waals surface area (Å²) in [5.41, 5.74) is -1.53. The van der Waals surface area contributed by atoms with E-state index in [4.69, 9.17) is 34.8 Å². The average Bonchev–Trinajstić information content (AvgIpc) is 2.69. The zero-order valence-corrected chi connectivity index (χ0v) is 21.8. The van der Waals surface area contributed by atoms with Crippen molar-refractivity contribution >= 4 is 54.1 Å². The van der Waals surface area contributed by atoms with Crippen molar-refractivity contribution in [3.05, 3.63) is 0 Å². The molecule has 184 valence electrons. The fraction of sp³-hybridized carbons (Fsp3) is 0.905. The van der Waals surface area contributed by atoms with Crippen LogP contribution in [-0.4, -0.2) is 27.0 Å². The van der Waals surface area contributed by atoms with Crippen LogP contribution in [0, 0.1) is 0 Å². The fourth-order valence-corrected chi connectivity index (χ4v) is 4.06. The second kappa shape index (κ2) is 18.4. The minimum Gasteiger partial charge on any atom is -0.456 e. The zero-order valence-electron chi connectivity index (χ0n) is 18.6. The molecule has 0 fully saturated rings. The van der Waals surface area contributed by atoms with Gasteiger partial charge in [0.2, 0.25) is 0 Å². The molecule has 0 aliphatic rings. The van der Waals surface area contributed by atoms with Crippen molar-refractivity contribution in [2.75, 3.05) is 6.61 Å². The third-order valence-electron chi connectivity index (χ3n) is 4.89. The molecule has 6 nitrogen and oxygen atoms in total. The highest BCUT2D eigenvalue weighted by Crippen LogP contribution is 2.47. The van der Waals surface area contributed by atoms with Crippen LogP contribution in [0.2, 0.25) is 0 Å². The predicted octanol–water partition coefficient (Wildman–Crippen LogP) is 8.48. The Kier molecular flexibility index (Phi) is 18.4. The highest BCUT2D eigenvalue weighted by molar-refractivity contribution is 7.70. The van der Waals surface area contributed by atoms with Crippen LogP contribution < -0.4 is 0 Å². The lowest BCUT2D eigenvalue weighted by Gasteiger charge is -2.14. The van der Waals surface area contributed by atoms with Gasteiger partial charge in [-0.1, -0.05) is 138 Å². The Balaban J connectivity index is 3.51. The molecule has 31 heavy (non-hydrogen) atoms. The second-order valence-electron chi connectivity index (χ2n) is 7.81. The van der Waals surface area contributed by atoms with E-state index < -0.39 is 23.1 Å². The van der Waals surface area contributed by atoms with E-state index in [-0.39, 0.29) is 6.61 Å². The second-order valence-corrected chi connectivity index (χ2v) is 11.7. The number of carbonyl (C=O) groups excluding carboxylic acids is 2. The summed E-state index contributed by atoms with van der Waals surface area (Å²) in [5, 5.41) is 0. The predicted molar refractivity (Wildman–Crippen MR) is 127 cm³/mol. The number of unbranched alkanes of at least 4 members (excludes halogenated alkanes) is 15. The number of rotatable bonds is 19. The Bertz CT molecular complexity index is 540. The summed E-state index contributed by atoms with van der Waals surface area (Å²) in [4.78, 5) is 32.2. The summed E-state index contributed by atoms with van der Waals surface area (Å²) in [6.45, 7) is 2.21. The quantitative estimate of drug-likeness (QED) is 0.104. The summed E-state index contributed by atoms with van der Waals surface area (Å²) in [5.74, 6) is -1.61. The van der Waals surface area contributed by atoms with E-state index in [0.717, 1.165) is 19.3 Å². The first-order valence-corrected chi connectivity index (χ1v) is 14.1. The largest absolute Gasteiger partial charge is 0.487 e. The molecular formula is C21H38Cl3O6P. The van der Waals surface area contributed by atoms with Crippen molar-refractivity contribution in [3.63, 3.8) is 0 Å². The van der Waals surface area contributed by atoms with Gasteiger partial charge in [-0.05, 0) is 6.42 Å². The summed E-state index contributed by atoms with van der Waals surface area (Å²) < 4.78 is 17.8. The van der Waals surface area contributed by atoms with Crippen molar-refractivity contribution in [3.8, 4) is 0 Å². The summed E-state index contributed by atoms with van der Waals surface area (Å²) in [6.07, 6.45) is 19.4. The zero-order chi connectivity index (χ0) is 23.6. The lowest BCUT2D eigenvalue weighted by Crippen LogP contribution is -2.22. The van der Waals surface area contributed by atoms with Gasteiger partial charge in [-0.3, -0.25) is 0 Å². The van der Waals surface area contributed by atoms with Crippen LogP contribution in [-0.2, 0) is 18.6 Å². The highest BCUT2D eigenvalue weighted by atomic mass is 35.6. The van der Waals surface area contributed by atoms with Crippen LogP contribution >= 0.6 is 42.4 Å². The molecule has 0 aromatic rings. The summed E-state index contributed by atoms with van der Waals surface area (Å²) in [6, 6.07) is 0. The number of carbonyl (C=O) groups is 2. The molecule has 0 aromatic heterocycles. The topological polar surface area (TPSA) is 89.9 Å². The van der Waals surface area contributed by atoms with Gasteiger partial charge < -0.3 is 14.2 Å². The highest BCUT2D eigenvalue weighted by Gasteiger charge is 2.43. The van der Waals surface area contributed by atoms with Crippen LogP contribution in [0.1, 0.15) is 110 Å². The molecule has 0 aromatic carbocycles. The maximum atomic E-state index is 11.6. The van der Waals surface area contributed by atoms with Gasteiger partial charge >= 0.3 is 19.3 Å². The van der Waals surface area contributed by atoms with E-state index in [0.29, 0.717) is 6.42 Å². The first-order valence-electron chi connectivity index (χ1n) is 11.4. The van der Waals surface area contributed by atoms with Crippen LogP contribution in [0.3, 0.4) is 0 Å². The van der Waals surface area contributed by atoms with Crippen molar-refractivity contribution < 1.29 is 28.3 Å². The molecule has 0 rings (SSSR count). The third kappa shape index (κ3) is 18.1. The molecule has 0 aliphatic heterocycles. The van der Waals surface area contributed by atoms with E-state index >= 15 is 0 Å². The van der Waals surface area contributed by atoms with E-state index in [9.17, 15) is 19.0 Å². The minimum atomic E-state index is -4.99. The standard InChI is InChI=1S/C21H38Cl3O6P/c1-2-3-4-5-6-7-8-9-10-11-12-13-14-15-16-17-18-29-20(26)31(27,28)30-19(25)21(22,23)24/h2-18H2,1H3,(H,27,28). The van der Waals surface area contributed by atoms with Gasteiger partial charge in [0.1, 0.15) is 0 Å². The number of hydrogen-bond acceptors (Lipinski definition) is 5. The molecule has 0 radical (unpaired) electrons. The maximum absolute atomic E-state index is 11.6. The molecule has 0 heterocycles. The molecular weight excluding hydrogens is 486 g/mol. The fourth-order valence-electron chi connectivity index (χ4n) is 3.09. The van der Waals surface area contributed by atoms with E-state index in [1.165, 1.54) is 77.0 Å². The monoisotopic (exact) mass is 522 g/mol. The molecule has 0 saturated heterocycles. The first-order chi connectivity index (χ1) is 14.6. The van der Waals surface area contributed by atoms with Crippen molar-refractivity contribution in [2.45, 2.75) is 113 Å². The molecule has 0 amide bonds. The van der Waals surface area contributed by atoms with Gasteiger partial charge in [0, 0.05) is 0 Å².